The van der Waals surface area contributed by atoms with Crippen LogP contribution in [0.3, 0.4) is 0 Å². The molecule has 1 aliphatic heterocycles. The number of carbonyl (C=O) groups excluding carboxylic acids is 2. The van der Waals surface area contributed by atoms with Crippen LogP contribution in [-0.2, 0) is 4.79 Å². The van der Waals surface area contributed by atoms with E-state index in [1.54, 1.807) is 24.4 Å². The molecule has 0 spiro atoms. The number of nitrogens with zero attached hydrogens (tertiary/aromatic N) is 1. The first kappa shape index (κ1) is 16.6. The molecule has 0 bridgehead atoms. The van der Waals surface area contributed by atoms with Crippen LogP contribution >= 0.6 is 0 Å². The minimum atomic E-state index is -0.589. The van der Waals surface area contributed by atoms with E-state index < -0.39 is 12.6 Å². The van der Waals surface area contributed by atoms with Crippen molar-refractivity contribution in [2.24, 2.45) is 23.5 Å². The number of amides is 2. The molecular formula is C18H18FN3O4. The molecule has 4 atom stereocenters. The lowest BCUT2D eigenvalue weighted by Crippen LogP contribution is -2.37. The molecule has 26 heavy (non-hydrogen) atoms. The van der Waals surface area contributed by atoms with Crippen LogP contribution in [0.4, 0.5) is 4.39 Å². The van der Waals surface area contributed by atoms with Gasteiger partial charge in [0.2, 0.25) is 11.8 Å². The molecular weight excluding hydrogens is 341 g/mol. The molecule has 0 radical (unpaired) electrons. The number of rotatable bonds is 6. The molecule has 2 fully saturated rings. The number of pyridine rings is 1. The molecule has 1 aromatic heterocycles. The number of ether oxygens (including phenoxy) is 2. The fourth-order valence-electron chi connectivity index (χ4n) is 3.86. The predicted octanol–water partition coefficient (Wildman–Crippen LogP) is 1.05. The van der Waals surface area contributed by atoms with Crippen LogP contribution in [0.15, 0.2) is 24.4 Å². The summed E-state index contributed by atoms with van der Waals surface area (Å²) in [6.45, 7) is -0.283. The van der Waals surface area contributed by atoms with Crippen molar-refractivity contribution in [1.82, 2.24) is 10.3 Å². The van der Waals surface area contributed by atoms with Gasteiger partial charge >= 0.3 is 0 Å². The zero-order valence-corrected chi connectivity index (χ0v) is 14.1. The molecule has 1 aromatic carbocycles. The Morgan fingerprint density at radius 3 is 2.88 bits per heavy atom. The minimum absolute atomic E-state index is 0.0153. The maximum absolute atomic E-state index is 12.9. The van der Waals surface area contributed by atoms with E-state index >= 15 is 0 Å². The summed E-state index contributed by atoms with van der Waals surface area (Å²) in [7, 11) is 1.45. The van der Waals surface area contributed by atoms with Crippen LogP contribution in [0.5, 0.6) is 11.6 Å². The number of nitrogens with two attached hydrogens (primary N) is 1. The highest BCUT2D eigenvalue weighted by molar-refractivity contribution is 6.01. The van der Waals surface area contributed by atoms with E-state index in [1.807, 2.05) is 0 Å². The van der Waals surface area contributed by atoms with Gasteiger partial charge in [0.05, 0.1) is 25.4 Å². The number of halogens is 1. The summed E-state index contributed by atoms with van der Waals surface area (Å²) in [5.74, 6) is -0.454. The molecule has 7 nitrogen and oxygen atoms in total. The Bertz CT molecular complexity index is 903. The number of benzene rings is 1. The van der Waals surface area contributed by atoms with Crippen molar-refractivity contribution in [3.8, 4) is 11.6 Å². The highest BCUT2D eigenvalue weighted by Crippen LogP contribution is 2.52. The highest BCUT2D eigenvalue weighted by Gasteiger charge is 2.63. The maximum Gasteiger partial charge on any atom is 0.252 e. The van der Waals surface area contributed by atoms with Gasteiger partial charge in [-0.15, -0.1) is 0 Å². The predicted molar refractivity (Wildman–Crippen MR) is 90.7 cm³/mol. The quantitative estimate of drug-likeness (QED) is 0.802. The molecule has 2 aromatic rings. The van der Waals surface area contributed by atoms with Gasteiger partial charge in [0.15, 0.2) is 0 Å². The maximum atomic E-state index is 12.9. The van der Waals surface area contributed by atoms with Crippen molar-refractivity contribution in [1.29, 1.82) is 0 Å². The summed E-state index contributed by atoms with van der Waals surface area (Å²) in [4.78, 5) is 27.6. The first-order chi connectivity index (χ1) is 12.5. The minimum Gasteiger partial charge on any atom is -0.496 e. The normalized spacial score (nSPS) is 26.3. The van der Waals surface area contributed by atoms with E-state index in [0.717, 1.165) is 5.39 Å². The Hall–Kier alpha value is -2.90. The van der Waals surface area contributed by atoms with E-state index in [9.17, 15) is 14.0 Å². The molecule has 2 aliphatic rings. The van der Waals surface area contributed by atoms with Gasteiger partial charge in [-0.3, -0.25) is 14.0 Å². The summed E-state index contributed by atoms with van der Waals surface area (Å²) in [5, 5.41) is 4.23. The number of hydrogen-bond acceptors (Lipinski definition) is 5. The van der Waals surface area contributed by atoms with Gasteiger partial charge in [0.25, 0.3) is 5.91 Å². The molecule has 2 heterocycles. The lowest BCUT2D eigenvalue weighted by atomic mass is 10.1. The molecule has 136 valence electrons. The number of nitrogens with one attached hydrogen (secondary N) is 1. The van der Waals surface area contributed by atoms with Gasteiger partial charge in [-0.25, -0.2) is 4.98 Å². The number of alkyl halides is 1. The molecule has 8 heteroatoms. The lowest BCUT2D eigenvalue weighted by molar-refractivity contribution is -0.121. The standard InChI is InChI=1S/C18H18FN3O4/c1-25-13-5-9-8(4-10(13)16(20)23)2-3-21-18(9)26-7-12-14-11(6-19)15(14)17(24)22-12/h2-5,11-12,14-15H,6-7H2,1H3,(H2,20,23)(H,22,24)/t11-,12-,14+,15-/m1/s1. The summed E-state index contributed by atoms with van der Waals surface area (Å²) < 4.78 is 24.0. The molecule has 4 rings (SSSR count). The van der Waals surface area contributed by atoms with Crippen molar-refractivity contribution in [2.45, 2.75) is 6.04 Å². The number of fused-ring (bicyclic) bond motifs is 2. The largest absolute Gasteiger partial charge is 0.496 e. The van der Waals surface area contributed by atoms with E-state index in [-0.39, 0.29) is 41.9 Å². The van der Waals surface area contributed by atoms with Gasteiger partial charge < -0.3 is 20.5 Å². The molecule has 3 N–H and O–H groups in total. The van der Waals surface area contributed by atoms with E-state index in [1.165, 1.54) is 7.11 Å². The Morgan fingerprint density at radius 2 is 2.23 bits per heavy atom. The second-order valence-electron chi connectivity index (χ2n) is 6.60. The number of piperidine rings is 1. The summed E-state index contributed by atoms with van der Waals surface area (Å²) >= 11 is 0. The topological polar surface area (TPSA) is 104 Å². The Kier molecular flexibility index (Phi) is 3.90. The number of hydrogen-bond donors (Lipinski definition) is 2. The van der Waals surface area contributed by atoms with Gasteiger partial charge in [0.1, 0.15) is 12.4 Å². The summed E-state index contributed by atoms with van der Waals surface area (Å²) in [6.07, 6.45) is 1.56. The van der Waals surface area contributed by atoms with E-state index in [0.29, 0.717) is 17.0 Å². The molecule has 1 saturated heterocycles. The highest BCUT2D eigenvalue weighted by atomic mass is 19.1. The SMILES string of the molecule is COc1cc2c(OC[C@H]3NC(=O)[C@@H]4[C@H](CF)[C@H]43)nccc2cc1C(N)=O. The summed E-state index contributed by atoms with van der Waals surface area (Å²) in [5.41, 5.74) is 5.65. The Balaban J connectivity index is 1.59. The van der Waals surface area contributed by atoms with Crippen molar-refractivity contribution in [2.75, 3.05) is 20.4 Å². The van der Waals surface area contributed by atoms with Gasteiger partial charge in [0, 0.05) is 29.3 Å². The van der Waals surface area contributed by atoms with Gasteiger partial charge in [-0.05, 0) is 23.6 Å². The van der Waals surface area contributed by atoms with Crippen molar-refractivity contribution < 1.29 is 23.5 Å². The smallest absolute Gasteiger partial charge is 0.252 e. The molecule has 1 saturated carbocycles. The van der Waals surface area contributed by atoms with Crippen LogP contribution in [-0.4, -0.2) is 43.2 Å². The lowest BCUT2D eigenvalue weighted by Gasteiger charge is -2.17. The van der Waals surface area contributed by atoms with E-state index in [4.69, 9.17) is 15.2 Å². The fourth-order valence-corrected chi connectivity index (χ4v) is 3.86. The zero-order valence-electron chi connectivity index (χ0n) is 14.1. The number of aromatic nitrogens is 1. The summed E-state index contributed by atoms with van der Waals surface area (Å²) in [6, 6.07) is 4.78. The van der Waals surface area contributed by atoms with Crippen molar-refractivity contribution >= 4 is 22.6 Å². The fraction of sp³-hybridized carbons (Fsp3) is 0.389. The monoisotopic (exact) mass is 359 g/mol. The average molecular weight is 359 g/mol. The van der Waals surface area contributed by atoms with Crippen LogP contribution in [0.25, 0.3) is 10.8 Å². The Labute approximate surface area is 148 Å². The van der Waals surface area contributed by atoms with Crippen LogP contribution < -0.4 is 20.5 Å². The third-order valence-electron chi connectivity index (χ3n) is 5.22. The van der Waals surface area contributed by atoms with Gasteiger partial charge in [-0.2, -0.15) is 0 Å². The molecule has 0 unspecified atom stereocenters. The van der Waals surface area contributed by atoms with Crippen LogP contribution in [0.1, 0.15) is 10.4 Å². The molecule has 2 amide bonds. The molecule has 1 aliphatic carbocycles. The number of methoxy groups -OCH3 is 1. The first-order valence-electron chi connectivity index (χ1n) is 8.31. The van der Waals surface area contributed by atoms with E-state index in [2.05, 4.69) is 10.3 Å². The van der Waals surface area contributed by atoms with Crippen LogP contribution in [0.2, 0.25) is 0 Å². The zero-order chi connectivity index (χ0) is 18.4. The average Bonchev–Trinajstić information content (AvgIpc) is 3.29. The second kappa shape index (κ2) is 6.12. The van der Waals surface area contributed by atoms with Crippen molar-refractivity contribution in [3.05, 3.63) is 30.0 Å². The second-order valence-corrected chi connectivity index (χ2v) is 6.60. The first-order valence-corrected chi connectivity index (χ1v) is 8.31. The number of primary amides is 1. The van der Waals surface area contributed by atoms with Gasteiger partial charge in [-0.1, -0.05) is 0 Å². The van der Waals surface area contributed by atoms with Crippen molar-refractivity contribution in [3.63, 3.8) is 0 Å². The third-order valence-corrected chi connectivity index (χ3v) is 5.22. The Morgan fingerprint density at radius 1 is 1.42 bits per heavy atom. The van der Waals surface area contributed by atoms with Crippen LogP contribution in [0, 0.1) is 17.8 Å². The third kappa shape index (κ3) is 2.53. The number of carbonyl (C=O) groups is 2.